The summed E-state index contributed by atoms with van der Waals surface area (Å²) in [4.78, 5) is 19.6. The summed E-state index contributed by atoms with van der Waals surface area (Å²) in [5.74, 6) is 1.88. The van der Waals surface area contributed by atoms with Gasteiger partial charge in [-0.1, -0.05) is 12.8 Å². The number of piperidine rings is 1. The third-order valence-electron chi connectivity index (χ3n) is 9.05. The molecule has 0 spiro atoms. The second kappa shape index (κ2) is 12.4. The molecule has 1 aromatic rings. The SMILES string of the molecule is Cc1cc(N2N=C(N3CCCCN(C(=O)N4CCC(O)CC4)CCCC3)C[C@@H]2C2CCCC2)ccc1C#N. The van der Waals surface area contributed by atoms with Crippen LogP contribution in [-0.4, -0.2) is 83.1 Å². The monoisotopic (exact) mass is 520 g/mol. The molecule has 3 aliphatic heterocycles. The molecule has 8 nitrogen and oxygen atoms in total. The Morgan fingerprint density at radius 2 is 1.55 bits per heavy atom. The number of hydrogen-bond acceptors (Lipinski definition) is 6. The third kappa shape index (κ3) is 6.09. The number of aliphatic hydroxyl groups excluding tert-OH is 1. The van der Waals surface area contributed by atoms with E-state index in [4.69, 9.17) is 5.10 Å². The zero-order valence-electron chi connectivity index (χ0n) is 23.0. The Kier molecular flexibility index (Phi) is 8.73. The molecule has 3 heterocycles. The van der Waals surface area contributed by atoms with Crippen molar-refractivity contribution in [3.63, 3.8) is 0 Å². The molecule has 1 atom stereocenters. The number of aryl methyl sites for hydroxylation is 1. The van der Waals surface area contributed by atoms with Crippen LogP contribution in [0.25, 0.3) is 0 Å². The highest BCUT2D eigenvalue weighted by Crippen LogP contribution is 2.38. The zero-order chi connectivity index (χ0) is 26.5. The Hall–Kier alpha value is -2.79. The first-order valence-electron chi connectivity index (χ1n) is 14.9. The van der Waals surface area contributed by atoms with Crippen LogP contribution in [0.4, 0.5) is 10.5 Å². The van der Waals surface area contributed by atoms with E-state index in [2.05, 4.69) is 28.1 Å². The molecule has 2 saturated heterocycles. The van der Waals surface area contributed by atoms with Crippen molar-refractivity contribution in [2.24, 2.45) is 11.0 Å². The van der Waals surface area contributed by atoms with Crippen LogP contribution in [0.2, 0.25) is 0 Å². The molecule has 4 aliphatic rings. The Balaban J connectivity index is 1.24. The van der Waals surface area contributed by atoms with Crippen LogP contribution < -0.4 is 5.01 Å². The second-order valence-electron chi connectivity index (χ2n) is 11.7. The first-order chi connectivity index (χ1) is 18.5. The van der Waals surface area contributed by atoms with E-state index >= 15 is 0 Å². The number of hydrazone groups is 1. The lowest BCUT2D eigenvalue weighted by molar-refractivity contribution is 0.0804. The maximum Gasteiger partial charge on any atom is 0.320 e. The largest absolute Gasteiger partial charge is 0.393 e. The van der Waals surface area contributed by atoms with E-state index in [0.717, 1.165) is 75.1 Å². The lowest BCUT2D eigenvalue weighted by Crippen LogP contribution is -2.48. The zero-order valence-corrected chi connectivity index (χ0v) is 23.0. The van der Waals surface area contributed by atoms with E-state index < -0.39 is 0 Å². The standard InChI is InChI=1S/C30H44N6O2/c1-23-20-26(11-10-25(23)22-31)36-28(24-8-2-3-9-24)21-29(32-36)33-14-4-6-16-34(17-7-5-15-33)30(38)35-18-12-27(37)13-19-35/h10-11,20,24,27-28,37H,2-9,12-19,21H2,1H3/t28-/m1/s1. The Morgan fingerprint density at radius 1 is 0.921 bits per heavy atom. The van der Waals surface area contributed by atoms with E-state index in [-0.39, 0.29) is 12.1 Å². The summed E-state index contributed by atoms with van der Waals surface area (Å²) in [6.07, 6.45) is 11.4. The van der Waals surface area contributed by atoms with Crippen LogP contribution in [0, 0.1) is 24.2 Å². The first-order valence-corrected chi connectivity index (χ1v) is 14.9. The van der Waals surface area contributed by atoms with Gasteiger partial charge >= 0.3 is 6.03 Å². The highest BCUT2D eigenvalue weighted by molar-refractivity contribution is 5.87. The maximum atomic E-state index is 13.1. The Labute approximate surface area is 227 Å². The number of anilines is 1. The minimum Gasteiger partial charge on any atom is -0.393 e. The number of aliphatic hydroxyl groups is 1. The number of nitrogens with zero attached hydrogens (tertiary/aromatic N) is 6. The number of amides is 2. The van der Waals surface area contributed by atoms with Crippen molar-refractivity contribution in [3.8, 4) is 6.07 Å². The molecule has 1 aromatic carbocycles. The molecule has 5 rings (SSSR count). The van der Waals surface area contributed by atoms with Crippen LogP contribution in [0.1, 0.15) is 81.8 Å². The predicted molar refractivity (Wildman–Crippen MR) is 150 cm³/mol. The molecular formula is C30H44N6O2. The van der Waals surface area contributed by atoms with Crippen LogP contribution in [0.15, 0.2) is 23.3 Å². The van der Waals surface area contributed by atoms with Crippen molar-refractivity contribution in [1.82, 2.24) is 14.7 Å². The van der Waals surface area contributed by atoms with Crippen molar-refractivity contribution in [2.45, 2.75) is 89.7 Å². The molecule has 8 heteroatoms. The molecule has 38 heavy (non-hydrogen) atoms. The molecule has 0 aromatic heterocycles. The molecule has 1 saturated carbocycles. The number of carbonyl (C=O) groups is 1. The predicted octanol–water partition coefficient (Wildman–Crippen LogP) is 4.70. The van der Waals surface area contributed by atoms with Gasteiger partial charge in [-0.3, -0.25) is 5.01 Å². The minimum absolute atomic E-state index is 0.155. The number of amidine groups is 1. The fourth-order valence-electron chi connectivity index (χ4n) is 6.72. The van der Waals surface area contributed by atoms with E-state index in [0.29, 0.717) is 37.9 Å². The van der Waals surface area contributed by atoms with Gasteiger partial charge in [0.05, 0.1) is 29.5 Å². The fourth-order valence-corrected chi connectivity index (χ4v) is 6.72. The Morgan fingerprint density at radius 3 is 2.18 bits per heavy atom. The lowest BCUT2D eigenvalue weighted by atomic mass is 9.94. The van der Waals surface area contributed by atoms with Gasteiger partial charge in [-0.15, -0.1) is 0 Å². The molecule has 1 aliphatic carbocycles. The quantitative estimate of drug-likeness (QED) is 0.611. The smallest absolute Gasteiger partial charge is 0.320 e. The van der Waals surface area contributed by atoms with Gasteiger partial charge in [0.15, 0.2) is 0 Å². The number of likely N-dealkylation sites (tertiary alicyclic amines) is 1. The van der Waals surface area contributed by atoms with Gasteiger partial charge in [-0.05, 0) is 88.0 Å². The molecule has 206 valence electrons. The van der Waals surface area contributed by atoms with Gasteiger partial charge in [-0.2, -0.15) is 10.4 Å². The van der Waals surface area contributed by atoms with Crippen LogP contribution in [-0.2, 0) is 0 Å². The average Bonchev–Trinajstić information content (AvgIpc) is 3.62. The average molecular weight is 521 g/mol. The highest BCUT2D eigenvalue weighted by Gasteiger charge is 2.37. The summed E-state index contributed by atoms with van der Waals surface area (Å²) >= 11 is 0. The van der Waals surface area contributed by atoms with Crippen LogP contribution in [0.5, 0.6) is 0 Å². The summed E-state index contributed by atoms with van der Waals surface area (Å²) in [6, 6.07) is 8.98. The summed E-state index contributed by atoms with van der Waals surface area (Å²) in [5, 5.41) is 26.7. The van der Waals surface area contributed by atoms with E-state index in [1.54, 1.807) is 0 Å². The molecule has 1 N–H and O–H groups in total. The molecule has 0 radical (unpaired) electrons. The van der Waals surface area contributed by atoms with E-state index in [9.17, 15) is 15.2 Å². The number of hydrogen-bond donors (Lipinski definition) is 1. The fraction of sp³-hybridized carbons (Fsp3) is 0.700. The molecule has 2 amide bonds. The van der Waals surface area contributed by atoms with E-state index in [1.165, 1.54) is 31.5 Å². The van der Waals surface area contributed by atoms with Gasteiger partial charge in [0.1, 0.15) is 5.84 Å². The van der Waals surface area contributed by atoms with Crippen molar-refractivity contribution >= 4 is 17.6 Å². The summed E-state index contributed by atoms with van der Waals surface area (Å²) in [7, 11) is 0. The summed E-state index contributed by atoms with van der Waals surface area (Å²) in [5.41, 5.74) is 2.85. The van der Waals surface area contributed by atoms with Crippen molar-refractivity contribution in [3.05, 3.63) is 29.3 Å². The van der Waals surface area contributed by atoms with Crippen molar-refractivity contribution in [2.75, 3.05) is 44.3 Å². The van der Waals surface area contributed by atoms with Crippen LogP contribution >= 0.6 is 0 Å². The molecule has 3 fully saturated rings. The topological polar surface area (TPSA) is 86.4 Å². The van der Waals surface area contributed by atoms with E-state index in [1.807, 2.05) is 22.8 Å². The molecule has 0 bridgehead atoms. The number of nitriles is 1. The number of benzene rings is 1. The van der Waals surface area contributed by atoms with Gasteiger partial charge in [-0.25, -0.2) is 4.79 Å². The van der Waals surface area contributed by atoms with Gasteiger partial charge < -0.3 is 19.8 Å². The third-order valence-corrected chi connectivity index (χ3v) is 9.05. The first kappa shape index (κ1) is 26.8. The Bertz CT molecular complexity index is 1030. The molecule has 0 unspecified atom stereocenters. The minimum atomic E-state index is -0.257. The summed E-state index contributed by atoms with van der Waals surface area (Å²) < 4.78 is 0. The number of rotatable bonds is 2. The van der Waals surface area contributed by atoms with Gasteiger partial charge in [0.2, 0.25) is 0 Å². The van der Waals surface area contributed by atoms with Gasteiger partial charge in [0.25, 0.3) is 0 Å². The van der Waals surface area contributed by atoms with Crippen molar-refractivity contribution < 1.29 is 9.90 Å². The maximum absolute atomic E-state index is 13.1. The summed E-state index contributed by atoms with van der Waals surface area (Å²) in [6.45, 7) is 6.92. The number of carbonyl (C=O) groups excluding carboxylic acids is 1. The second-order valence-corrected chi connectivity index (χ2v) is 11.7. The van der Waals surface area contributed by atoms with Crippen LogP contribution in [0.3, 0.4) is 0 Å². The highest BCUT2D eigenvalue weighted by atomic mass is 16.3. The molecular weight excluding hydrogens is 476 g/mol. The normalized spacial score (nSPS) is 24.4. The van der Waals surface area contributed by atoms with Crippen molar-refractivity contribution in [1.29, 1.82) is 5.26 Å². The number of urea groups is 1. The van der Waals surface area contributed by atoms with Gasteiger partial charge in [0, 0.05) is 45.7 Å². The lowest BCUT2D eigenvalue weighted by Gasteiger charge is -2.35.